The smallest absolute Gasteiger partial charge is 0.319 e. The highest BCUT2D eigenvalue weighted by Crippen LogP contribution is 2.17. The van der Waals surface area contributed by atoms with Crippen LogP contribution in [0.15, 0.2) is 35.7 Å². The molecule has 2 amide bonds. The van der Waals surface area contributed by atoms with Gasteiger partial charge in [-0.05, 0) is 44.5 Å². The molecule has 0 unspecified atom stereocenters. The van der Waals surface area contributed by atoms with E-state index in [0.717, 1.165) is 33.5 Å². The summed E-state index contributed by atoms with van der Waals surface area (Å²) in [6.45, 7) is 6.50. The van der Waals surface area contributed by atoms with Crippen molar-refractivity contribution in [3.63, 3.8) is 0 Å². The Balaban J connectivity index is 1.51. The number of thiazole rings is 1. The number of hydrogen-bond acceptors (Lipinski definition) is 4. The number of carbonyl (C=O) groups excluding carboxylic acids is 1. The topological polar surface area (TPSA) is 71.8 Å². The number of benzene rings is 1. The summed E-state index contributed by atoms with van der Waals surface area (Å²) >= 11 is 1.55. The lowest BCUT2D eigenvalue weighted by atomic mass is 10.2. The number of carbonyl (C=O) groups is 1. The number of aromatic nitrogens is 3. The molecule has 0 aliphatic rings. The molecule has 0 saturated heterocycles. The van der Waals surface area contributed by atoms with Crippen molar-refractivity contribution in [2.45, 2.75) is 27.2 Å². The van der Waals surface area contributed by atoms with E-state index in [1.165, 1.54) is 0 Å². The highest BCUT2D eigenvalue weighted by atomic mass is 32.1. The molecule has 6 nitrogen and oxygen atoms in total. The molecular weight excluding hydrogens is 334 g/mol. The number of hydrogen-bond donors (Lipinski definition) is 2. The molecule has 0 atom stereocenters. The van der Waals surface area contributed by atoms with E-state index < -0.39 is 0 Å². The molecule has 0 aliphatic carbocycles. The Morgan fingerprint density at radius 2 is 2.08 bits per heavy atom. The van der Waals surface area contributed by atoms with E-state index in [1.807, 2.05) is 61.2 Å². The van der Waals surface area contributed by atoms with Crippen molar-refractivity contribution in [3.8, 4) is 5.13 Å². The largest absolute Gasteiger partial charge is 0.337 e. The van der Waals surface area contributed by atoms with Gasteiger partial charge in [-0.1, -0.05) is 12.1 Å². The lowest BCUT2D eigenvalue weighted by molar-refractivity contribution is 0.252. The summed E-state index contributed by atoms with van der Waals surface area (Å²) in [6.07, 6.45) is 0.678. The van der Waals surface area contributed by atoms with Gasteiger partial charge in [0, 0.05) is 29.7 Å². The highest BCUT2D eigenvalue weighted by Gasteiger charge is 2.09. The second-order valence-corrected chi connectivity index (χ2v) is 6.80. The number of nitrogens with one attached hydrogen (secondary N) is 2. The normalized spacial score (nSPS) is 10.7. The van der Waals surface area contributed by atoms with Gasteiger partial charge in [-0.2, -0.15) is 5.10 Å². The van der Waals surface area contributed by atoms with Gasteiger partial charge in [0.25, 0.3) is 0 Å². The van der Waals surface area contributed by atoms with Gasteiger partial charge in [-0.3, -0.25) is 0 Å². The maximum atomic E-state index is 11.9. The average Bonchev–Trinajstić information content (AvgIpc) is 3.13. The van der Waals surface area contributed by atoms with Crippen LogP contribution in [-0.2, 0) is 6.42 Å². The predicted molar refractivity (Wildman–Crippen MR) is 101 cm³/mol. The van der Waals surface area contributed by atoms with Crippen LogP contribution in [0.5, 0.6) is 0 Å². The van der Waals surface area contributed by atoms with Crippen molar-refractivity contribution in [3.05, 3.63) is 58.4 Å². The van der Waals surface area contributed by atoms with Gasteiger partial charge in [0.1, 0.15) is 0 Å². The molecule has 0 saturated carbocycles. The molecule has 3 rings (SSSR count). The first-order valence-corrected chi connectivity index (χ1v) is 8.99. The highest BCUT2D eigenvalue weighted by molar-refractivity contribution is 7.12. The molecule has 2 aromatic heterocycles. The molecule has 2 N–H and O–H groups in total. The zero-order chi connectivity index (χ0) is 17.8. The number of rotatable bonds is 5. The minimum Gasteiger partial charge on any atom is -0.337 e. The molecule has 25 heavy (non-hydrogen) atoms. The Bertz CT molecular complexity index is 883. The van der Waals surface area contributed by atoms with E-state index in [2.05, 4.69) is 20.7 Å². The van der Waals surface area contributed by atoms with Crippen molar-refractivity contribution in [2.75, 3.05) is 11.9 Å². The monoisotopic (exact) mass is 355 g/mol. The fourth-order valence-corrected chi connectivity index (χ4v) is 3.40. The third-order valence-electron chi connectivity index (χ3n) is 3.67. The van der Waals surface area contributed by atoms with Gasteiger partial charge in [-0.15, -0.1) is 11.3 Å². The molecule has 0 aliphatic heterocycles. The Hall–Kier alpha value is -2.67. The quantitative estimate of drug-likeness (QED) is 0.734. The number of nitrogens with zero attached hydrogens (tertiary/aromatic N) is 3. The van der Waals surface area contributed by atoms with E-state index in [9.17, 15) is 4.79 Å². The van der Waals surface area contributed by atoms with Gasteiger partial charge in [0.15, 0.2) is 0 Å². The minimum absolute atomic E-state index is 0.209. The van der Waals surface area contributed by atoms with Crippen LogP contribution in [0.2, 0.25) is 0 Å². The first kappa shape index (κ1) is 17.2. The fraction of sp³-hybridized carbons (Fsp3) is 0.278. The van der Waals surface area contributed by atoms with Crippen LogP contribution in [0.25, 0.3) is 5.13 Å². The van der Waals surface area contributed by atoms with E-state index in [1.54, 1.807) is 11.3 Å². The first-order chi connectivity index (χ1) is 12.0. The number of urea groups is 1. The van der Waals surface area contributed by atoms with Crippen LogP contribution in [-0.4, -0.2) is 27.3 Å². The summed E-state index contributed by atoms with van der Waals surface area (Å²) in [5.74, 6) is 0. The first-order valence-electron chi connectivity index (χ1n) is 8.11. The molecule has 130 valence electrons. The van der Waals surface area contributed by atoms with Crippen molar-refractivity contribution < 1.29 is 4.79 Å². The molecule has 1 aromatic carbocycles. The third-order valence-corrected chi connectivity index (χ3v) is 4.54. The second kappa shape index (κ2) is 7.48. The summed E-state index contributed by atoms with van der Waals surface area (Å²) in [7, 11) is 0. The maximum Gasteiger partial charge on any atom is 0.319 e. The van der Waals surface area contributed by atoms with E-state index >= 15 is 0 Å². The van der Waals surface area contributed by atoms with Crippen LogP contribution in [0, 0.1) is 20.8 Å². The zero-order valence-corrected chi connectivity index (χ0v) is 15.4. The maximum absolute atomic E-state index is 11.9. The second-order valence-electron chi connectivity index (χ2n) is 5.96. The molecule has 2 heterocycles. The van der Waals surface area contributed by atoms with Gasteiger partial charge in [0.05, 0.1) is 11.4 Å². The Kier molecular flexibility index (Phi) is 5.14. The van der Waals surface area contributed by atoms with Crippen molar-refractivity contribution in [1.29, 1.82) is 0 Å². The Morgan fingerprint density at radius 1 is 1.24 bits per heavy atom. The summed E-state index contributed by atoms with van der Waals surface area (Å²) < 4.78 is 1.85. The van der Waals surface area contributed by atoms with Crippen LogP contribution >= 0.6 is 11.3 Å². The standard InChI is InChI=1S/C18H21N5OS/c1-12-5-4-6-15(9-12)20-17(24)19-8-7-16-11-25-18(21-16)23-14(3)10-13(2)22-23/h4-6,9-11H,7-8H2,1-3H3,(H2,19,20,24). The molecule has 7 heteroatoms. The van der Waals surface area contributed by atoms with Crippen molar-refractivity contribution >= 4 is 23.1 Å². The minimum atomic E-state index is -0.209. The van der Waals surface area contributed by atoms with Gasteiger partial charge in [-0.25, -0.2) is 14.5 Å². The summed E-state index contributed by atoms with van der Waals surface area (Å²) in [5.41, 5.74) is 4.89. The van der Waals surface area contributed by atoms with E-state index in [-0.39, 0.29) is 6.03 Å². The summed E-state index contributed by atoms with van der Waals surface area (Å²) in [6, 6.07) is 9.53. The van der Waals surface area contributed by atoms with Gasteiger partial charge in [0.2, 0.25) is 5.13 Å². The average molecular weight is 355 g/mol. The lowest BCUT2D eigenvalue weighted by Gasteiger charge is -2.07. The van der Waals surface area contributed by atoms with Crippen LogP contribution in [0.4, 0.5) is 10.5 Å². The van der Waals surface area contributed by atoms with Crippen molar-refractivity contribution in [2.24, 2.45) is 0 Å². The molecule has 3 aromatic rings. The number of amides is 2. The Morgan fingerprint density at radius 3 is 2.80 bits per heavy atom. The van der Waals surface area contributed by atoms with Crippen LogP contribution < -0.4 is 10.6 Å². The molecule has 0 spiro atoms. The third kappa shape index (κ3) is 4.45. The van der Waals surface area contributed by atoms with Crippen molar-refractivity contribution in [1.82, 2.24) is 20.1 Å². The molecule has 0 bridgehead atoms. The Labute approximate surface area is 150 Å². The van der Waals surface area contributed by atoms with Gasteiger partial charge < -0.3 is 10.6 Å². The molecular formula is C18H21N5OS. The van der Waals surface area contributed by atoms with E-state index in [4.69, 9.17) is 0 Å². The summed E-state index contributed by atoms with van der Waals surface area (Å²) in [4.78, 5) is 16.5. The zero-order valence-electron chi connectivity index (χ0n) is 14.5. The number of aryl methyl sites for hydroxylation is 3. The molecule has 0 fully saturated rings. The predicted octanol–water partition coefficient (Wildman–Crippen LogP) is 3.62. The van der Waals surface area contributed by atoms with Crippen LogP contribution in [0.3, 0.4) is 0 Å². The van der Waals surface area contributed by atoms with Crippen LogP contribution in [0.1, 0.15) is 22.6 Å². The fourth-order valence-electron chi connectivity index (χ4n) is 2.53. The van der Waals surface area contributed by atoms with Gasteiger partial charge >= 0.3 is 6.03 Å². The lowest BCUT2D eigenvalue weighted by Crippen LogP contribution is -2.30. The molecule has 0 radical (unpaired) electrons. The number of anilines is 1. The summed E-state index contributed by atoms with van der Waals surface area (Å²) in [5, 5.41) is 13.0. The SMILES string of the molecule is Cc1cccc(NC(=O)NCCc2csc(-n3nc(C)cc3C)n2)c1. The van der Waals surface area contributed by atoms with E-state index in [0.29, 0.717) is 13.0 Å².